The van der Waals surface area contributed by atoms with Crippen molar-refractivity contribution in [2.75, 3.05) is 44.6 Å². The Bertz CT molecular complexity index is 852. The average molecular weight is 415 g/mol. The van der Waals surface area contributed by atoms with Gasteiger partial charge in [-0.05, 0) is 55.9 Å². The molecule has 1 atom stereocenters. The quantitative estimate of drug-likeness (QED) is 0.708. The second-order valence-electron chi connectivity index (χ2n) is 7.48. The Morgan fingerprint density at radius 3 is 2.70 bits per heavy atom. The van der Waals surface area contributed by atoms with Crippen LogP contribution in [0.5, 0.6) is 17.6 Å². The monoisotopic (exact) mass is 414 g/mol. The molecule has 1 aliphatic rings. The summed E-state index contributed by atoms with van der Waals surface area (Å²) in [5.41, 5.74) is 1.81. The van der Waals surface area contributed by atoms with E-state index in [0.717, 1.165) is 55.2 Å². The van der Waals surface area contributed by atoms with Crippen LogP contribution in [0.4, 0.5) is 11.5 Å². The van der Waals surface area contributed by atoms with Crippen LogP contribution in [-0.2, 0) is 4.79 Å². The number of benzene rings is 1. The molecule has 0 aliphatic carbocycles. The fourth-order valence-corrected chi connectivity index (χ4v) is 3.71. The van der Waals surface area contributed by atoms with Crippen molar-refractivity contribution in [3.63, 3.8) is 0 Å². The van der Waals surface area contributed by atoms with Crippen molar-refractivity contribution in [1.82, 2.24) is 9.97 Å². The maximum Gasteiger partial charge on any atom is 0.321 e. The summed E-state index contributed by atoms with van der Waals surface area (Å²) in [6.07, 6.45) is 3.47. The van der Waals surface area contributed by atoms with Crippen LogP contribution in [0.15, 0.2) is 24.3 Å². The van der Waals surface area contributed by atoms with Gasteiger partial charge in [0, 0.05) is 31.3 Å². The number of hydrogen-bond acceptors (Lipinski definition) is 7. The van der Waals surface area contributed by atoms with Gasteiger partial charge in [0.05, 0.1) is 21.3 Å². The zero-order valence-corrected chi connectivity index (χ0v) is 18.1. The minimum absolute atomic E-state index is 0.0331. The highest BCUT2D eigenvalue weighted by Crippen LogP contribution is 2.28. The standard InChI is InChI=1S/C22H30N4O4/c1-15-12-17(28-2)8-9-18(15)23-20(27)10-7-16-6-5-11-26(14-16)19-13-21(29-3)25-22(24-19)30-4/h8-9,12-13,16H,5-7,10-11,14H2,1-4H3,(H,23,27)/t16-/m0/s1. The summed E-state index contributed by atoms with van der Waals surface area (Å²) in [5.74, 6) is 2.51. The van der Waals surface area contributed by atoms with Crippen molar-refractivity contribution in [3.8, 4) is 17.6 Å². The van der Waals surface area contributed by atoms with Gasteiger partial charge in [-0.3, -0.25) is 4.79 Å². The van der Waals surface area contributed by atoms with Crippen molar-refractivity contribution in [1.29, 1.82) is 0 Å². The summed E-state index contributed by atoms with van der Waals surface area (Å²) in [7, 11) is 4.75. The van der Waals surface area contributed by atoms with Crippen molar-refractivity contribution in [3.05, 3.63) is 29.8 Å². The van der Waals surface area contributed by atoms with Crippen molar-refractivity contribution in [2.24, 2.45) is 5.92 Å². The molecule has 0 unspecified atom stereocenters. The molecule has 1 N–H and O–H groups in total. The molecule has 1 saturated heterocycles. The first-order valence-electron chi connectivity index (χ1n) is 10.2. The lowest BCUT2D eigenvalue weighted by Gasteiger charge is -2.33. The summed E-state index contributed by atoms with van der Waals surface area (Å²) in [6, 6.07) is 7.76. The van der Waals surface area contributed by atoms with E-state index in [0.29, 0.717) is 24.2 Å². The van der Waals surface area contributed by atoms with E-state index in [2.05, 4.69) is 20.2 Å². The number of nitrogens with one attached hydrogen (secondary N) is 1. The molecule has 0 spiro atoms. The fourth-order valence-electron chi connectivity index (χ4n) is 3.71. The summed E-state index contributed by atoms with van der Waals surface area (Å²) in [5, 5.41) is 3.01. The van der Waals surface area contributed by atoms with Crippen molar-refractivity contribution >= 4 is 17.4 Å². The van der Waals surface area contributed by atoms with Crippen LogP contribution < -0.4 is 24.4 Å². The molecule has 1 fully saturated rings. The second-order valence-corrected chi connectivity index (χ2v) is 7.48. The van der Waals surface area contributed by atoms with Crippen LogP contribution in [-0.4, -0.2) is 50.3 Å². The van der Waals surface area contributed by atoms with E-state index in [1.165, 1.54) is 0 Å². The van der Waals surface area contributed by atoms with Gasteiger partial charge >= 0.3 is 6.01 Å². The first-order chi connectivity index (χ1) is 14.5. The molecule has 2 heterocycles. The summed E-state index contributed by atoms with van der Waals surface area (Å²) < 4.78 is 15.7. The van der Waals surface area contributed by atoms with Gasteiger partial charge in [0.1, 0.15) is 11.6 Å². The number of anilines is 2. The Hall–Kier alpha value is -3.03. The number of aromatic nitrogens is 2. The lowest BCUT2D eigenvalue weighted by atomic mass is 9.93. The summed E-state index contributed by atoms with van der Waals surface area (Å²) in [4.78, 5) is 23.3. The number of rotatable bonds is 8. The van der Waals surface area contributed by atoms with Crippen LogP contribution in [0.1, 0.15) is 31.2 Å². The van der Waals surface area contributed by atoms with Crippen LogP contribution in [0.3, 0.4) is 0 Å². The minimum Gasteiger partial charge on any atom is -0.497 e. The van der Waals surface area contributed by atoms with E-state index in [1.807, 2.05) is 31.2 Å². The number of methoxy groups -OCH3 is 3. The number of piperidine rings is 1. The molecule has 8 heteroatoms. The first kappa shape index (κ1) is 21.7. The lowest BCUT2D eigenvalue weighted by Crippen LogP contribution is -2.36. The highest BCUT2D eigenvalue weighted by atomic mass is 16.5. The van der Waals surface area contributed by atoms with E-state index in [1.54, 1.807) is 21.3 Å². The summed E-state index contributed by atoms with van der Waals surface area (Å²) in [6.45, 7) is 3.72. The van der Waals surface area contributed by atoms with Crippen LogP contribution in [0.2, 0.25) is 0 Å². The second kappa shape index (κ2) is 10.1. The van der Waals surface area contributed by atoms with Crippen molar-refractivity contribution < 1.29 is 19.0 Å². The van der Waals surface area contributed by atoms with Crippen LogP contribution >= 0.6 is 0 Å². The molecule has 1 amide bonds. The van der Waals surface area contributed by atoms with Gasteiger partial charge in [-0.15, -0.1) is 0 Å². The molecule has 30 heavy (non-hydrogen) atoms. The number of ether oxygens (including phenoxy) is 3. The minimum atomic E-state index is 0.0331. The van der Waals surface area contributed by atoms with Gasteiger partial charge in [0.25, 0.3) is 0 Å². The third-order valence-corrected chi connectivity index (χ3v) is 5.39. The smallest absolute Gasteiger partial charge is 0.321 e. The van der Waals surface area contributed by atoms with Gasteiger partial charge in [0.15, 0.2) is 0 Å². The van der Waals surface area contributed by atoms with Gasteiger partial charge < -0.3 is 24.4 Å². The zero-order valence-electron chi connectivity index (χ0n) is 18.1. The molecule has 8 nitrogen and oxygen atoms in total. The molecule has 1 aromatic carbocycles. The Morgan fingerprint density at radius 1 is 1.17 bits per heavy atom. The molecule has 1 aliphatic heterocycles. The number of aryl methyl sites for hydroxylation is 1. The largest absolute Gasteiger partial charge is 0.497 e. The molecule has 0 saturated carbocycles. The Morgan fingerprint density at radius 2 is 2.00 bits per heavy atom. The normalized spacial score (nSPS) is 16.1. The maximum atomic E-state index is 12.5. The number of nitrogens with zero attached hydrogens (tertiary/aromatic N) is 3. The first-order valence-corrected chi connectivity index (χ1v) is 10.2. The molecule has 1 aromatic heterocycles. The SMILES string of the molecule is COc1ccc(NC(=O)CC[C@@H]2CCCN(c3cc(OC)nc(OC)n3)C2)c(C)c1. The van der Waals surface area contributed by atoms with Crippen LogP contribution in [0.25, 0.3) is 0 Å². The zero-order chi connectivity index (χ0) is 21.5. The summed E-state index contributed by atoms with van der Waals surface area (Å²) >= 11 is 0. The number of amides is 1. The molecule has 3 rings (SSSR count). The van der Waals surface area contributed by atoms with Gasteiger partial charge in [-0.25, -0.2) is 0 Å². The van der Waals surface area contributed by atoms with Crippen LogP contribution in [0, 0.1) is 12.8 Å². The van der Waals surface area contributed by atoms with E-state index >= 15 is 0 Å². The predicted octanol–water partition coefficient (Wildman–Crippen LogP) is 3.45. The van der Waals surface area contributed by atoms with Gasteiger partial charge in [-0.2, -0.15) is 9.97 Å². The predicted molar refractivity (Wildman–Crippen MR) is 116 cm³/mol. The Labute approximate surface area is 177 Å². The van der Waals surface area contributed by atoms with E-state index in [-0.39, 0.29) is 5.91 Å². The number of hydrogen-bond donors (Lipinski definition) is 1. The molecule has 0 radical (unpaired) electrons. The van der Waals surface area contributed by atoms with Crippen molar-refractivity contribution in [2.45, 2.75) is 32.6 Å². The van der Waals surface area contributed by atoms with E-state index in [9.17, 15) is 4.79 Å². The number of carbonyl (C=O) groups is 1. The fraction of sp³-hybridized carbons (Fsp3) is 0.500. The van der Waals surface area contributed by atoms with E-state index in [4.69, 9.17) is 14.2 Å². The van der Waals surface area contributed by atoms with Gasteiger partial charge in [-0.1, -0.05) is 0 Å². The topological polar surface area (TPSA) is 85.8 Å². The Balaban J connectivity index is 1.56. The third-order valence-electron chi connectivity index (χ3n) is 5.39. The average Bonchev–Trinajstić information content (AvgIpc) is 2.78. The molecule has 0 bridgehead atoms. The molecule has 162 valence electrons. The highest BCUT2D eigenvalue weighted by molar-refractivity contribution is 5.91. The Kier molecular flexibility index (Phi) is 7.32. The van der Waals surface area contributed by atoms with Gasteiger partial charge in [0.2, 0.25) is 11.8 Å². The third kappa shape index (κ3) is 5.52. The molecule has 2 aromatic rings. The molecular formula is C22H30N4O4. The number of carbonyl (C=O) groups excluding carboxylic acids is 1. The maximum absolute atomic E-state index is 12.5. The lowest BCUT2D eigenvalue weighted by molar-refractivity contribution is -0.116. The van der Waals surface area contributed by atoms with E-state index < -0.39 is 0 Å². The molecular weight excluding hydrogens is 384 g/mol. The highest BCUT2D eigenvalue weighted by Gasteiger charge is 2.23.